The first-order valence-corrected chi connectivity index (χ1v) is 4.15. The summed E-state index contributed by atoms with van der Waals surface area (Å²) in [5.74, 6) is 0.549. The number of hydrogen-bond acceptors (Lipinski definition) is 3. The summed E-state index contributed by atoms with van der Waals surface area (Å²) >= 11 is 5.68. The second-order valence-electron chi connectivity index (χ2n) is 2.47. The summed E-state index contributed by atoms with van der Waals surface area (Å²) < 4.78 is 0. The van der Waals surface area contributed by atoms with Crippen molar-refractivity contribution in [2.75, 3.05) is 0 Å². The van der Waals surface area contributed by atoms with Crippen molar-refractivity contribution in [2.45, 2.75) is 0 Å². The number of rotatable bonds is 1. The fraction of sp³-hybridized carbons (Fsp3) is 0. The van der Waals surface area contributed by atoms with Crippen LogP contribution in [0.25, 0.3) is 11.4 Å². The number of aromatic nitrogens is 3. The van der Waals surface area contributed by atoms with E-state index in [1.165, 1.54) is 6.20 Å². The lowest BCUT2D eigenvalue weighted by Gasteiger charge is -1.96. The minimum atomic E-state index is 0.355. The third-order valence-corrected chi connectivity index (χ3v) is 1.74. The first kappa shape index (κ1) is 8.13. The van der Waals surface area contributed by atoms with Crippen LogP contribution in [0.5, 0.6) is 0 Å². The molecule has 0 atom stereocenters. The van der Waals surface area contributed by atoms with Crippen LogP contribution in [-0.2, 0) is 0 Å². The molecule has 0 aliphatic carbocycles. The average molecular weight is 192 g/mol. The van der Waals surface area contributed by atoms with Crippen molar-refractivity contribution in [1.29, 1.82) is 0 Å². The maximum atomic E-state index is 5.68. The highest BCUT2D eigenvalue weighted by molar-refractivity contribution is 6.29. The summed E-state index contributed by atoms with van der Waals surface area (Å²) in [4.78, 5) is 4.04. The Labute approximate surface area is 80.4 Å². The molecule has 0 amide bonds. The Hall–Kier alpha value is -1.48. The van der Waals surface area contributed by atoms with Crippen molar-refractivity contribution in [3.8, 4) is 11.4 Å². The molecule has 4 heteroatoms. The Kier molecular flexibility index (Phi) is 2.19. The molecule has 0 fully saturated rings. The van der Waals surface area contributed by atoms with Gasteiger partial charge in [-0.15, -0.1) is 5.10 Å². The normalized spacial score (nSPS) is 9.92. The zero-order chi connectivity index (χ0) is 9.10. The number of hydrogen-bond donors (Lipinski definition) is 0. The van der Waals surface area contributed by atoms with Crippen LogP contribution in [0, 0.1) is 0 Å². The van der Waals surface area contributed by atoms with Gasteiger partial charge in [-0.3, -0.25) is 0 Å². The summed E-state index contributed by atoms with van der Waals surface area (Å²) in [6.45, 7) is 0. The molecule has 2 aromatic rings. The van der Waals surface area contributed by atoms with E-state index in [0.29, 0.717) is 11.0 Å². The van der Waals surface area contributed by atoms with Crippen LogP contribution < -0.4 is 0 Å². The molecule has 0 spiro atoms. The fourth-order valence-electron chi connectivity index (χ4n) is 0.993. The van der Waals surface area contributed by atoms with Crippen LogP contribution in [0.1, 0.15) is 0 Å². The second-order valence-corrected chi connectivity index (χ2v) is 2.86. The third kappa shape index (κ3) is 1.81. The van der Waals surface area contributed by atoms with Gasteiger partial charge < -0.3 is 0 Å². The Bertz CT molecular complexity index is 403. The molecular formula is C9H6ClN3. The van der Waals surface area contributed by atoms with Gasteiger partial charge in [-0.1, -0.05) is 41.9 Å². The van der Waals surface area contributed by atoms with Crippen LogP contribution >= 0.6 is 11.6 Å². The van der Waals surface area contributed by atoms with Crippen molar-refractivity contribution < 1.29 is 0 Å². The molecule has 0 unspecified atom stereocenters. The molecule has 0 aliphatic rings. The van der Waals surface area contributed by atoms with Crippen molar-refractivity contribution >= 4 is 11.6 Å². The van der Waals surface area contributed by atoms with Crippen molar-refractivity contribution in [3.63, 3.8) is 0 Å². The standard InChI is InChI=1S/C9H6ClN3/c10-8-6-11-13-9(12-8)7-4-2-1-3-5-7/h1-6H. The van der Waals surface area contributed by atoms with Gasteiger partial charge in [0.2, 0.25) is 0 Å². The van der Waals surface area contributed by atoms with Crippen LogP contribution in [0.15, 0.2) is 36.5 Å². The molecule has 0 N–H and O–H groups in total. The summed E-state index contributed by atoms with van der Waals surface area (Å²) in [5, 5.41) is 7.94. The van der Waals surface area contributed by atoms with E-state index in [2.05, 4.69) is 15.2 Å². The number of nitrogens with zero attached hydrogens (tertiary/aromatic N) is 3. The molecular weight excluding hydrogens is 186 g/mol. The van der Waals surface area contributed by atoms with E-state index in [-0.39, 0.29) is 0 Å². The van der Waals surface area contributed by atoms with Gasteiger partial charge in [0.25, 0.3) is 0 Å². The molecule has 0 saturated carbocycles. The fourth-order valence-corrected chi connectivity index (χ4v) is 1.12. The molecule has 3 nitrogen and oxygen atoms in total. The Morgan fingerprint density at radius 3 is 2.54 bits per heavy atom. The predicted molar refractivity (Wildman–Crippen MR) is 50.3 cm³/mol. The molecule has 1 aromatic carbocycles. The van der Waals surface area contributed by atoms with Gasteiger partial charge in [-0.25, -0.2) is 4.98 Å². The van der Waals surface area contributed by atoms with E-state index in [9.17, 15) is 0 Å². The lowest BCUT2D eigenvalue weighted by atomic mass is 10.2. The Balaban J connectivity index is 2.48. The van der Waals surface area contributed by atoms with Crippen LogP contribution in [0.3, 0.4) is 0 Å². The topological polar surface area (TPSA) is 38.7 Å². The number of benzene rings is 1. The molecule has 0 aliphatic heterocycles. The SMILES string of the molecule is Clc1cnnc(-c2ccccc2)n1. The Morgan fingerprint density at radius 1 is 1.08 bits per heavy atom. The van der Waals surface area contributed by atoms with Crippen molar-refractivity contribution in [1.82, 2.24) is 15.2 Å². The second kappa shape index (κ2) is 3.49. The molecule has 64 valence electrons. The first-order valence-electron chi connectivity index (χ1n) is 3.77. The monoisotopic (exact) mass is 191 g/mol. The maximum Gasteiger partial charge on any atom is 0.183 e. The Morgan fingerprint density at radius 2 is 1.85 bits per heavy atom. The minimum absolute atomic E-state index is 0.355. The third-order valence-electron chi connectivity index (χ3n) is 1.56. The van der Waals surface area contributed by atoms with Crippen LogP contribution in [0.2, 0.25) is 5.15 Å². The summed E-state index contributed by atoms with van der Waals surface area (Å²) in [7, 11) is 0. The zero-order valence-electron chi connectivity index (χ0n) is 6.68. The lowest BCUT2D eigenvalue weighted by Crippen LogP contribution is -1.91. The summed E-state index contributed by atoms with van der Waals surface area (Å²) in [5.41, 5.74) is 0.914. The molecule has 2 rings (SSSR count). The first-order chi connectivity index (χ1) is 6.36. The van der Waals surface area contributed by atoms with E-state index in [0.717, 1.165) is 5.56 Å². The smallest absolute Gasteiger partial charge is 0.183 e. The van der Waals surface area contributed by atoms with Gasteiger partial charge in [0, 0.05) is 5.56 Å². The predicted octanol–water partition coefficient (Wildman–Crippen LogP) is 2.19. The highest BCUT2D eigenvalue weighted by Gasteiger charge is 2.00. The zero-order valence-corrected chi connectivity index (χ0v) is 7.44. The van der Waals surface area contributed by atoms with Crippen LogP contribution in [0.4, 0.5) is 0 Å². The summed E-state index contributed by atoms with van der Waals surface area (Å²) in [6, 6.07) is 9.58. The van der Waals surface area contributed by atoms with Crippen molar-refractivity contribution in [3.05, 3.63) is 41.7 Å². The molecule has 1 aromatic heterocycles. The van der Waals surface area contributed by atoms with E-state index in [4.69, 9.17) is 11.6 Å². The van der Waals surface area contributed by atoms with Gasteiger partial charge >= 0.3 is 0 Å². The van der Waals surface area contributed by atoms with Gasteiger partial charge in [-0.05, 0) is 0 Å². The van der Waals surface area contributed by atoms with Crippen LogP contribution in [-0.4, -0.2) is 15.2 Å². The minimum Gasteiger partial charge on any atom is -0.213 e. The summed E-state index contributed by atoms with van der Waals surface area (Å²) in [6.07, 6.45) is 1.41. The quantitative estimate of drug-likeness (QED) is 0.694. The van der Waals surface area contributed by atoms with E-state index in [1.54, 1.807) is 0 Å². The molecule has 1 heterocycles. The van der Waals surface area contributed by atoms with E-state index in [1.807, 2.05) is 30.3 Å². The van der Waals surface area contributed by atoms with Crippen molar-refractivity contribution in [2.24, 2.45) is 0 Å². The average Bonchev–Trinajstić information content (AvgIpc) is 2.19. The lowest BCUT2D eigenvalue weighted by molar-refractivity contribution is 0.980. The van der Waals surface area contributed by atoms with E-state index >= 15 is 0 Å². The van der Waals surface area contributed by atoms with Gasteiger partial charge in [0.1, 0.15) is 0 Å². The van der Waals surface area contributed by atoms with Gasteiger partial charge in [0.15, 0.2) is 11.0 Å². The molecule has 13 heavy (non-hydrogen) atoms. The molecule has 0 radical (unpaired) electrons. The molecule has 0 saturated heterocycles. The number of halogens is 1. The highest BCUT2D eigenvalue weighted by Crippen LogP contribution is 2.13. The van der Waals surface area contributed by atoms with Gasteiger partial charge in [-0.2, -0.15) is 5.10 Å². The van der Waals surface area contributed by atoms with E-state index < -0.39 is 0 Å². The molecule has 0 bridgehead atoms. The largest absolute Gasteiger partial charge is 0.213 e. The highest BCUT2D eigenvalue weighted by atomic mass is 35.5. The van der Waals surface area contributed by atoms with Gasteiger partial charge in [0.05, 0.1) is 6.20 Å². The maximum absolute atomic E-state index is 5.68.